The second kappa shape index (κ2) is 8.88. The topological polar surface area (TPSA) is 59.0 Å². The summed E-state index contributed by atoms with van der Waals surface area (Å²) in [5, 5.41) is 11.6. The smallest absolute Gasteiger partial charge is 0.248 e. The van der Waals surface area contributed by atoms with E-state index < -0.39 is 5.60 Å². The van der Waals surface area contributed by atoms with Crippen molar-refractivity contribution >= 4 is 17.5 Å². The first-order valence-electron chi connectivity index (χ1n) is 8.82. The lowest BCUT2D eigenvalue weighted by Gasteiger charge is -2.27. The van der Waals surface area contributed by atoms with E-state index in [9.17, 15) is 9.90 Å². The zero-order valence-electron chi connectivity index (χ0n) is 15.3. The SMILES string of the molecule is CCOCC(=O)N1CCCC(O)(COc2cc(C)c(Cl)c(C)c2)CC1. The maximum absolute atomic E-state index is 12.1. The fourth-order valence-corrected chi connectivity index (χ4v) is 3.17. The molecule has 25 heavy (non-hydrogen) atoms. The van der Waals surface area contributed by atoms with Crippen LogP contribution in [-0.2, 0) is 9.53 Å². The first kappa shape index (κ1) is 20.0. The van der Waals surface area contributed by atoms with Crippen molar-refractivity contribution < 1.29 is 19.4 Å². The van der Waals surface area contributed by atoms with E-state index >= 15 is 0 Å². The molecule has 1 unspecified atom stereocenters. The number of hydrogen-bond donors (Lipinski definition) is 1. The van der Waals surface area contributed by atoms with E-state index in [1.165, 1.54) is 0 Å². The fraction of sp³-hybridized carbons (Fsp3) is 0.632. The Balaban J connectivity index is 1.92. The van der Waals surface area contributed by atoms with Gasteiger partial charge in [0.15, 0.2) is 0 Å². The lowest BCUT2D eigenvalue weighted by atomic mass is 9.96. The Kier molecular flexibility index (Phi) is 7.11. The number of nitrogens with zero attached hydrogens (tertiary/aromatic N) is 1. The molecule has 1 saturated heterocycles. The van der Waals surface area contributed by atoms with Gasteiger partial charge in [0.1, 0.15) is 24.6 Å². The molecule has 1 aliphatic rings. The minimum atomic E-state index is -0.928. The van der Waals surface area contributed by atoms with Gasteiger partial charge in [-0.3, -0.25) is 4.79 Å². The Labute approximate surface area is 154 Å². The minimum Gasteiger partial charge on any atom is -0.491 e. The number of aliphatic hydroxyl groups is 1. The second-order valence-electron chi connectivity index (χ2n) is 6.76. The van der Waals surface area contributed by atoms with Crippen molar-refractivity contribution in [3.63, 3.8) is 0 Å². The summed E-state index contributed by atoms with van der Waals surface area (Å²) in [6, 6.07) is 3.76. The molecule has 1 amide bonds. The van der Waals surface area contributed by atoms with E-state index in [1.54, 1.807) is 4.90 Å². The van der Waals surface area contributed by atoms with Crippen molar-refractivity contribution in [3.8, 4) is 5.75 Å². The van der Waals surface area contributed by atoms with Crippen LogP contribution in [-0.4, -0.2) is 54.4 Å². The fourth-order valence-electron chi connectivity index (χ4n) is 3.06. The summed E-state index contributed by atoms with van der Waals surface area (Å²) in [4.78, 5) is 13.9. The van der Waals surface area contributed by atoms with Crippen molar-refractivity contribution in [3.05, 3.63) is 28.3 Å². The Hall–Kier alpha value is -1.30. The lowest BCUT2D eigenvalue weighted by molar-refractivity contribution is -0.136. The van der Waals surface area contributed by atoms with Crippen LogP contribution >= 0.6 is 11.6 Å². The summed E-state index contributed by atoms with van der Waals surface area (Å²) in [6.45, 7) is 7.74. The van der Waals surface area contributed by atoms with E-state index in [0.29, 0.717) is 38.3 Å². The summed E-state index contributed by atoms with van der Waals surface area (Å²) in [7, 11) is 0. The van der Waals surface area contributed by atoms with Gasteiger partial charge in [0, 0.05) is 24.7 Å². The number of carbonyl (C=O) groups excluding carboxylic acids is 1. The molecule has 0 spiro atoms. The molecule has 140 valence electrons. The molecule has 5 nitrogen and oxygen atoms in total. The number of amides is 1. The Morgan fingerprint density at radius 2 is 1.96 bits per heavy atom. The monoisotopic (exact) mass is 369 g/mol. The zero-order valence-corrected chi connectivity index (χ0v) is 16.1. The van der Waals surface area contributed by atoms with Gasteiger partial charge in [-0.15, -0.1) is 0 Å². The van der Waals surface area contributed by atoms with Crippen LogP contribution in [0.25, 0.3) is 0 Å². The number of likely N-dealkylation sites (tertiary alicyclic amines) is 1. The molecule has 1 aromatic carbocycles. The third-order valence-electron chi connectivity index (χ3n) is 4.62. The average Bonchev–Trinajstić information content (AvgIpc) is 2.78. The van der Waals surface area contributed by atoms with Gasteiger partial charge in [0.05, 0.1) is 0 Å². The first-order valence-corrected chi connectivity index (χ1v) is 9.20. The van der Waals surface area contributed by atoms with Crippen LogP contribution in [0.2, 0.25) is 5.02 Å². The molecule has 1 atom stereocenters. The molecular weight excluding hydrogens is 342 g/mol. The molecule has 1 fully saturated rings. The predicted molar refractivity (Wildman–Crippen MR) is 98.3 cm³/mol. The van der Waals surface area contributed by atoms with Gasteiger partial charge in [-0.25, -0.2) is 0 Å². The molecule has 2 rings (SSSR count). The van der Waals surface area contributed by atoms with Gasteiger partial charge < -0.3 is 19.5 Å². The minimum absolute atomic E-state index is 0.0176. The highest BCUT2D eigenvalue weighted by Gasteiger charge is 2.32. The summed E-state index contributed by atoms with van der Waals surface area (Å²) in [6.07, 6.45) is 1.85. The molecule has 0 aliphatic carbocycles. The molecular formula is C19H28ClNO4. The normalized spacial score (nSPS) is 21.1. The average molecular weight is 370 g/mol. The quantitative estimate of drug-likeness (QED) is 0.837. The number of benzene rings is 1. The number of ether oxygens (including phenoxy) is 2. The van der Waals surface area contributed by atoms with Gasteiger partial charge in [-0.05, 0) is 63.3 Å². The molecule has 1 heterocycles. The van der Waals surface area contributed by atoms with Crippen molar-refractivity contribution in [1.82, 2.24) is 4.90 Å². The van der Waals surface area contributed by atoms with Gasteiger partial charge in [0.2, 0.25) is 5.91 Å². The standard InChI is InChI=1S/C19H28ClNO4/c1-4-24-12-17(22)21-8-5-6-19(23,7-9-21)13-25-16-10-14(2)18(20)15(3)11-16/h10-11,23H,4-9,12-13H2,1-3H3. The van der Waals surface area contributed by atoms with Gasteiger partial charge in [0.25, 0.3) is 0 Å². The van der Waals surface area contributed by atoms with Gasteiger partial charge >= 0.3 is 0 Å². The highest BCUT2D eigenvalue weighted by molar-refractivity contribution is 6.32. The largest absolute Gasteiger partial charge is 0.491 e. The van der Waals surface area contributed by atoms with Crippen LogP contribution in [0.1, 0.15) is 37.3 Å². The van der Waals surface area contributed by atoms with Crippen molar-refractivity contribution in [2.24, 2.45) is 0 Å². The maximum Gasteiger partial charge on any atom is 0.248 e. The maximum atomic E-state index is 12.1. The van der Waals surface area contributed by atoms with Crippen LogP contribution in [0.3, 0.4) is 0 Å². The Bertz CT molecular complexity index is 584. The molecule has 1 aliphatic heterocycles. The number of halogens is 1. The van der Waals surface area contributed by atoms with Crippen molar-refractivity contribution in [2.45, 2.75) is 45.6 Å². The lowest BCUT2D eigenvalue weighted by Crippen LogP contribution is -2.39. The third kappa shape index (κ3) is 5.59. The number of aryl methyl sites for hydroxylation is 2. The van der Waals surface area contributed by atoms with Crippen molar-refractivity contribution in [1.29, 1.82) is 0 Å². The molecule has 6 heteroatoms. The highest BCUT2D eigenvalue weighted by atomic mass is 35.5. The number of carbonyl (C=O) groups is 1. The summed E-state index contributed by atoms with van der Waals surface area (Å²) in [5.41, 5.74) is 0.983. The zero-order chi connectivity index (χ0) is 18.4. The predicted octanol–water partition coefficient (Wildman–Crippen LogP) is 3.12. The second-order valence-corrected chi connectivity index (χ2v) is 7.13. The third-order valence-corrected chi connectivity index (χ3v) is 5.21. The van der Waals surface area contributed by atoms with E-state index in [0.717, 1.165) is 22.6 Å². The van der Waals surface area contributed by atoms with Crippen molar-refractivity contribution in [2.75, 3.05) is 32.9 Å². The van der Waals surface area contributed by atoms with Crippen LogP contribution in [0.4, 0.5) is 0 Å². The molecule has 1 N–H and O–H groups in total. The Morgan fingerprint density at radius 1 is 1.28 bits per heavy atom. The highest BCUT2D eigenvalue weighted by Crippen LogP contribution is 2.28. The van der Waals surface area contributed by atoms with E-state index in [-0.39, 0.29) is 19.1 Å². The first-order chi connectivity index (χ1) is 11.8. The van der Waals surface area contributed by atoms with Crippen LogP contribution in [0.5, 0.6) is 5.75 Å². The van der Waals surface area contributed by atoms with Crippen LogP contribution < -0.4 is 4.74 Å². The summed E-state index contributed by atoms with van der Waals surface area (Å²) < 4.78 is 11.0. The van der Waals surface area contributed by atoms with Gasteiger partial charge in [-0.2, -0.15) is 0 Å². The molecule has 0 aromatic heterocycles. The van der Waals surface area contributed by atoms with Gasteiger partial charge in [-0.1, -0.05) is 11.6 Å². The number of hydrogen-bond acceptors (Lipinski definition) is 4. The molecule has 1 aromatic rings. The van der Waals surface area contributed by atoms with Crippen LogP contribution in [0, 0.1) is 13.8 Å². The summed E-state index contributed by atoms with van der Waals surface area (Å²) >= 11 is 6.18. The van der Waals surface area contributed by atoms with E-state index in [2.05, 4.69) is 0 Å². The van der Waals surface area contributed by atoms with Crippen LogP contribution in [0.15, 0.2) is 12.1 Å². The molecule has 0 bridgehead atoms. The molecule has 0 saturated carbocycles. The van der Waals surface area contributed by atoms with E-state index in [4.69, 9.17) is 21.1 Å². The molecule has 0 radical (unpaired) electrons. The number of rotatable bonds is 6. The summed E-state index contributed by atoms with van der Waals surface area (Å²) in [5.74, 6) is 0.692. The Morgan fingerprint density at radius 3 is 2.60 bits per heavy atom. The van der Waals surface area contributed by atoms with E-state index in [1.807, 2.05) is 32.9 Å².